The van der Waals surface area contributed by atoms with Crippen LogP contribution in [0.15, 0.2) is 66.2 Å². The van der Waals surface area contributed by atoms with Crippen molar-refractivity contribution in [1.29, 1.82) is 0 Å². The van der Waals surface area contributed by atoms with E-state index in [1.165, 1.54) is 133 Å². The van der Waals surface area contributed by atoms with Crippen molar-refractivity contribution in [3.05, 3.63) is 72.4 Å². The maximum atomic E-state index is 10.4. The predicted molar refractivity (Wildman–Crippen MR) is 173 cm³/mol. The van der Waals surface area contributed by atoms with E-state index in [1.54, 1.807) is 12.1 Å². The lowest BCUT2D eigenvalue weighted by atomic mass is 10.0. The van der Waals surface area contributed by atoms with Crippen LogP contribution >= 0.6 is 0 Å². The van der Waals surface area contributed by atoms with Crippen LogP contribution in [0.5, 0.6) is 0 Å². The van der Waals surface area contributed by atoms with Gasteiger partial charge in [-0.3, -0.25) is 4.48 Å². The smallest absolute Gasteiger partial charge is 0.140 e. The molecule has 0 saturated heterocycles. The topological polar surface area (TPSA) is 57.2 Å². The number of unbranched alkanes of at least 4 members (excludes halogenated alkanes) is 15. The van der Waals surface area contributed by atoms with E-state index in [9.17, 15) is 13.0 Å². The van der Waals surface area contributed by atoms with Gasteiger partial charge >= 0.3 is 0 Å². The maximum absolute atomic E-state index is 10.4. The summed E-state index contributed by atoms with van der Waals surface area (Å²) in [7, 11) is 0.146. The van der Waals surface area contributed by atoms with Gasteiger partial charge in [-0.25, -0.2) is 8.42 Å². The predicted octanol–water partition coefficient (Wildman–Crippen LogP) is 10.1. The van der Waals surface area contributed by atoms with E-state index in [2.05, 4.69) is 51.9 Å². The fraction of sp³-hybridized carbons (Fsp3) is 0.600. The van der Waals surface area contributed by atoms with Gasteiger partial charge in [-0.15, -0.1) is 0 Å². The van der Waals surface area contributed by atoms with Gasteiger partial charge in [-0.05, 0) is 44.5 Å². The summed E-state index contributed by atoms with van der Waals surface area (Å²) in [5.41, 5.74) is 3.81. The number of hydrogen-bond acceptors (Lipinski definition) is 3. The lowest BCUT2D eigenvalue weighted by Crippen LogP contribution is -2.34. The van der Waals surface area contributed by atoms with Gasteiger partial charge < -0.3 is 4.55 Å². The van der Waals surface area contributed by atoms with Gasteiger partial charge in [-0.2, -0.15) is 0 Å². The molecule has 2 rings (SSSR count). The molecule has 0 unspecified atom stereocenters. The van der Waals surface area contributed by atoms with Crippen molar-refractivity contribution in [3.63, 3.8) is 0 Å². The van der Waals surface area contributed by atoms with Crippen molar-refractivity contribution in [1.82, 2.24) is 4.48 Å². The first-order chi connectivity index (χ1) is 19.1. The lowest BCUT2D eigenvalue weighted by Gasteiger charge is -2.26. The molecule has 4 nitrogen and oxygen atoms in total. The molecule has 2 aromatic rings. The molecule has 0 aliphatic carbocycles. The lowest BCUT2D eigenvalue weighted by molar-refractivity contribution is 0.463. The van der Waals surface area contributed by atoms with Crippen LogP contribution in [0.4, 0.5) is 5.69 Å². The second-order valence-electron chi connectivity index (χ2n) is 11.7. The average molecular weight is 572 g/mol. The van der Waals surface area contributed by atoms with Gasteiger partial charge in [0, 0.05) is 5.56 Å². The number of nitrogens with zero attached hydrogens (tertiary/aromatic N) is 1. The largest absolute Gasteiger partial charge is 0.744 e. The zero-order chi connectivity index (χ0) is 29.7. The summed E-state index contributed by atoms with van der Waals surface area (Å²) in [6.45, 7) is 8.12. The molecule has 40 heavy (non-hydrogen) atoms. The van der Waals surface area contributed by atoms with Gasteiger partial charge in [-0.1, -0.05) is 139 Å². The van der Waals surface area contributed by atoms with Crippen molar-refractivity contribution in [3.8, 4) is 0 Å². The Hall–Kier alpha value is -1.95. The third-order valence-corrected chi connectivity index (χ3v) is 8.53. The third-order valence-electron chi connectivity index (χ3n) is 7.68. The average Bonchev–Trinajstić information content (AvgIpc) is 2.93. The van der Waals surface area contributed by atoms with Crippen LogP contribution in [0.25, 0.3) is 0 Å². The van der Waals surface area contributed by atoms with Gasteiger partial charge in [0.2, 0.25) is 0 Å². The zero-order valence-corrected chi connectivity index (χ0v) is 26.8. The number of para-hydroxylation sites is 1. The molecular formula is C35H57NO3S. The Bertz CT molecular complexity index is 1030. The van der Waals surface area contributed by atoms with Crippen LogP contribution < -0.4 is 4.48 Å². The summed E-state index contributed by atoms with van der Waals surface area (Å²) < 4.78 is 31.9. The molecule has 0 heterocycles. The Kier molecular flexibility index (Phi) is 18.8. The van der Waals surface area contributed by atoms with Crippen molar-refractivity contribution in [2.75, 3.05) is 14.1 Å². The highest BCUT2D eigenvalue weighted by molar-refractivity contribution is 7.85. The van der Waals surface area contributed by atoms with E-state index in [1.807, 2.05) is 13.1 Å². The first kappa shape index (κ1) is 36.1. The SMILES string of the molecule is C=C[N+](C)(C)c1ccccc1CCCCCCCCCCCCCCCCCC.Cc1ccc(S(=O)(=O)[O-])cc1. The van der Waals surface area contributed by atoms with E-state index >= 15 is 0 Å². The Morgan fingerprint density at radius 3 is 1.55 bits per heavy atom. The molecule has 0 atom stereocenters. The summed E-state index contributed by atoms with van der Waals surface area (Å²) in [6.07, 6.45) is 26.1. The molecule has 0 aliphatic heterocycles. The molecule has 0 saturated carbocycles. The molecular weight excluding hydrogens is 514 g/mol. The second kappa shape index (κ2) is 20.9. The van der Waals surface area contributed by atoms with Crippen LogP contribution in [0.1, 0.15) is 121 Å². The molecule has 0 spiro atoms. The molecule has 0 bridgehead atoms. The van der Waals surface area contributed by atoms with Crippen LogP contribution in [0, 0.1) is 6.92 Å². The Balaban J connectivity index is 0.000000603. The second-order valence-corrected chi connectivity index (χ2v) is 13.1. The molecule has 0 amide bonds. The summed E-state index contributed by atoms with van der Waals surface area (Å²) >= 11 is 0. The summed E-state index contributed by atoms with van der Waals surface area (Å²) in [5, 5.41) is 0. The van der Waals surface area contributed by atoms with E-state index in [-0.39, 0.29) is 4.90 Å². The van der Waals surface area contributed by atoms with E-state index in [0.717, 1.165) is 10.0 Å². The Morgan fingerprint density at radius 1 is 0.700 bits per heavy atom. The van der Waals surface area contributed by atoms with Gasteiger partial charge in [0.1, 0.15) is 15.8 Å². The highest BCUT2D eigenvalue weighted by atomic mass is 32.2. The first-order valence-corrected chi connectivity index (χ1v) is 17.1. The van der Waals surface area contributed by atoms with Crippen LogP contribution in [0.2, 0.25) is 0 Å². The number of rotatable bonds is 20. The normalized spacial score (nSPS) is 11.6. The Labute approximate surface area is 247 Å². The highest BCUT2D eigenvalue weighted by Crippen LogP contribution is 2.26. The van der Waals surface area contributed by atoms with E-state index in [4.69, 9.17) is 0 Å². The fourth-order valence-corrected chi connectivity index (χ4v) is 5.42. The highest BCUT2D eigenvalue weighted by Gasteiger charge is 2.18. The first-order valence-electron chi connectivity index (χ1n) is 15.7. The number of quaternary nitrogens is 1. The zero-order valence-electron chi connectivity index (χ0n) is 26.0. The summed E-state index contributed by atoms with van der Waals surface area (Å²) in [4.78, 5) is -0.178. The fourth-order valence-electron chi connectivity index (χ4n) is 4.95. The molecule has 0 aromatic heterocycles. The molecule has 0 aliphatic rings. The Morgan fingerprint density at radius 2 is 1.12 bits per heavy atom. The minimum Gasteiger partial charge on any atom is -0.744 e. The van der Waals surface area contributed by atoms with Crippen molar-refractivity contribution < 1.29 is 13.0 Å². The van der Waals surface area contributed by atoms with Gasteiger partial charge in [0.25, 0.3) is 0 Å². The number of aryl methyl sites for hydroxylation is 2. The third kappa shape index (κ3) is 16.3. The van der Waals surface area contributed by atoms with Crippen molar-refractivity contribution in [2.45, 2.75) is 128 Å². The van der Waals surface area contributed by atoms with Gasteiger partial charge in [0.15, 0.2) is 0 Å². The van der Waals surface area contributed by atoms with E-state index < -0.39 is 10.1 Å². The minimum absolute atomic E-state index is 0.178. The standard InChI is InChI=1S/C28H50N.C7H8O3S/c1-5-7-8-9-10-11-12-13-14-15-16-17-18-19-20-21-24-27-25-22-23-26-28(27)29(3,4)6-2;1-6-2-4-7(5-3-6)11(8,9)10/h6,22-23,25-26H,2,5,7-21,24H2,1,3-4H3;2-5H,1H3,(H,8,9,10)/q+1;/p-1. The monoisotopic (exact) mass is 571 g/mol. The summed E-state index contributed by atoms with van der Waals surface area (Å²) in [6, 6.07) is 14.7. The number of hydrogen-bond donors (Lipinski definition) is 0. The number of benzene rings is 2. The quantitative estimate of drug-likeness (QED) is 0.0902. The molecule has 0 fully saturated rings. The maximum Gasteiger partial charge on any atom is 0.140 e. The van der Waals surface area contributed by atoms with Crippen LogP contribution in [-0.4, -0.2) is 27.1 Å². The van der Waals surface area contributed by atoms with E-state index in [0.29, 0.717) is 0 Å². The van der Waals surface area contributed by atoms with Crippen molar-refractivity contribution >= 4 is 15.8 Å². The van der Waals surface area contributed by atoms with Crippen LogP contribution in [0.3, 0.4) is 0 Å². The molecule has 226 valence electrons. The molecule has 2 aromatic carbocycles. The van der Waals surface area contributed by atoms with Crippen molar-refractivity contribution in [2.24, 2.45) is 0 Å². The van der Waals surface area contributed by atoms with Gasteiger partial charge in [0.05, 0.1) is 25.2 Å². The molecule has 0 radical (unpaired) electrons. The van der Waals surface area contributed by atoms with Crippen LogP contribution in [-0.2, 0) is 16.5 Å². The summed E-state index contributed by atoms with van der Waals surface area (Å²) in [5.74, 6) is 0. The molecule has 5 heteroatoms. The minimum atomic E-state index is -4.27. The molecule has 0 N–H and O–H groups in total.